The summed E-state index contributed by atoms with van der Waals surface area (Å²) < 4.78 is 0. The summed E-state index contributed by atoms with van der Waals surface area (Å²) in [5.41, 5.74) is 0.557. The quantitative estimate of drug-likeness (QED) is 0.842. The maximum atomic E-state index is 3.61. The van der Waals surface area contributed by atoms with Crippen LogP contribution in [-0.4, -0.2) is 37.6 Å². The summed E-state index contributed by atoms with van der Waals surface area (Å²) in [5.74, 6) is 2.91. The Morgan fingerprint density at radius 2 is 1.95 bits per heavy atom. The van der Waals surface area contributed by atoms with Crippen LogP contribution in [-0.2, 0) is 0 Å². The van der Waals surface area contributed by atoms with Crippen LogP contribution in [0, 0.1) is 23.2 Å². The fraction of sp³-hybridized carbons (Fsp3) is 1.00. The molecule has 2 saturated heterocycles. The molecule has 19 heavy (non-hydrogen) atoms. The van der Waals surface area contributed by atoms with Crippen LogP contribution in [0.5, 0.6) is 0 Å². The molecule has 0 spiro atoms. The lowest BCUT2D eigenvalue weighted by Gasteiger charge is -2.45. The van der Waals surface area contributed by atoms with Crippen molar-refractivity contribution in [1.29, 1.82) is 0 Å². The van der Waals surface area contributed by atoms with Gasteiger partial charge in [0.2, 0.25) is 0 Å². The van der Waals surface area contributed by atoms with Crippen LogP contribution in [0.4, 0.5) is 0 Å². The van der Waals surface area contributed by atoms with E-state index >= 15 is 0 Å². The fourth-order valence-corrected chi connectivity index (χ4v) is 4.84. The lowest BCUT2D eigenvalue weighted by atomic mass is 9.72. The SMILES string of the molecule is CC(C)C1(CN2CCC3CCCCC3C2)CCNC1. The average molecular weight is 264 g/mol. The Morgan fingerprint density at radius 1 is 1.16 bits per heavy atom. The van der Waals surface area contributed by atoms with E-state index in [1.807, 2.05) is 0 Å². The summed E-state index contributed by atoms with van der Waals surface area (Å²) in [6.07, 6.45) is 8.89. The summed E-state index contributed by atoms with van der Waals surface area (Å²) >= 11 is 0. The van der Waals surface area contributed by atoms with Gasteiger partial charge in [-0.2, -0.15) is 0 Å². The monoisotopic (exact) mass is 264 g/mol. The third-order valence-electron chi connectivity index (χ3n) is 6.42. The Kier molecular flexibility index (Phi) is 4.19. The minimum atomic E-state index is 0.557. The maximum Gasteiger partial charge on any atom is 0.00532 e. The van der Waals surface area contributed by atoms with Gasteiger partial charge in [0.15, 0.2) is 0 Å². The zero-order valence-electron chi connectivity index (χ0n) is 13.0. The van der Waals surface area contributed by atoms with E-state index in [9.17, 15) is 0 Å². The fourth-order valence-electron chi connectivity index (χ4n) is 4.84. The summed E-state index contributed by atoms with van der Waals surface area (Å²) in [5, 5.41) is 3.61. The number of nitrogens with one attached hydrogen (secondary N) is 1. The van der Waals surface area contributed by atoms with Crippen molar-refractivity contribution in [2.75, 3.05) is 32.7 Å². The third kappa shape index (κ3) is 2.85. The molecule has 3 unspecified atom stereocenters. The highest BCUT2D eigenvalue weighted by Gasteiger charge is 2.40. The van der Waals surface area contributed by atoms with Crippen LogP contribution >= 0.6 is 0 Å². The lowest BCUT2D eigenvalue weighted by Crippen LogP contribution is -2.48. The predicted octanol–water partition coefficient (Wildman–Crippen LogP) is 3.13. The normalized spacial score (nSPS) is 40.6. The molecule has 0 aromatic rings. The molecule has 1 aliphatic carbocycles. The molecule has 0 amide bonds. The van der Waals surface area contributed by atoms with Crippen molar-refractivity contribution in [3.63, 3.8) is 0 Å². The van der Waals surface area contributed by atoms with Crippen LogP contribution in [0.1, 0.15) is 52.4 Å². The summed E-state index contributed by atoms with van der Waals surface area (Å²) in [6, 6.07) is 0. The first-order valence-corrected chi connectivity index (χ1v) is 8.63. The first-order valence-electron chi connectivity index (χ1n) is 8.63. The van der Waals surface area contributed by atoms with Crippen molar-refractivity contribution in [3.05, 3.63) is 0 Å². The first kappa shape index (κ1) is 13.9. The van der Waals surface area contributed by atoms with Gasteiger partial charge in [0.05, 0.1) is 0 Å². The van der Waals surface area contributed by atoms with Crippen molar-refractivity contribution in [2.24, 2.45) is 23.2 Å². The second kappa shape index (κ2) is 5.73. The van der Waals surface area contributed by atoms with Gasteiger partial charge >= 0.3 is 0 Å². The van der Waals surface area contributed by atoms with Crippen LogP contribution in [0.25, 0.3) is 0 Å². The van der Waals surface area contributed by atoms with Crippen LogP contribution in [0.15, 0.2) is 0 Å². The molecule has 0 radical (unpaired) electrons. The van der Waals surface area contributed by atoms with Gasteiger partial charge in [-0.1, -0.05) is 33.1 Å². The molecular weight excluding hydrogens is 232 g/mol. The number of hydrogen-bond donors (Lipinski definition) is 1. The topological polar surface area (TPSA) is 15.3 Å². The van der Waals surface area contributed by atoms with Gasteiger partial charge in [0.25, 0.3) is 0 Å². The van der Waals surface area contributed by atoms with Gasteiger partial charge in [-0.05, 0) is 55.5 Å². The highest BCUT2D eigenvalue weighted by Crippen LogP contribution is 2.39. The van der Waals surface area contributed by atoms with Crippen molar-refractivity contribution >= 4 is 0 Å². The number of likely N-dealkylation sites (tertiary alicyclic amines) is 1. The van der Waals surface area contributed by atoms with E-state index in [0.717, 1.165) is 17.8 Å². The summed E-state index contributed by atoms with van der Waals surface area (Å²) in [4.78, 5) is 2.82. The summed E-state index contributed by atoms with van der Waals surface area (Å²) in [6.45, 7) is 11.5. The molecule has 1 saturated carbocycles. The zero-order chi connectivity index (χ0) is 13.3. The minimum Gasteiger partial charge on any atom is -0.316 e. The van der Waals surface area contributed by atoms with Gasteiger partial charge < -0.3 is 10.2 Å². The molecule has 3 aliphatic rings. The Labute approximate surface area is 119 Å². The van der Waals surface area contributed by atoms with Crippen molar-refractivity contribution in [2.45, 2.75) is 52.4 Å². The average Bonchev–Trinajstić information content (AvgIpc) is 2.88. The predicted molar refractivity (Wildman–Crippen MR) is 81.3 cm³/mol. The third-order valence-corrected chi connectivity index (χ3v) is 6.42. The van der Waals surface area contributed by atoms with Gasteiger partial charge in [-0.15, -0.1) is 0 Å². The Bertz CT molecular complexity index is 294. The van der Waals surface area contributed by atoms with Gasteiger partial charge in [-0.25, -0.2) is 0 Å². The molecule has 1 N–H and O–H groups in total. The number of nitrogens with zero attached hydrogens (tertiary/aromatic N) is 1. The molecule has 0 aromatic heterocycles. The van der Waals surface area contributed by atoms with E-state index in [4.69, 9.17) is 0 Å². The molecular formula is C17H32N2. The minimum absolute atomic E-state index is 0.557. The Hall–Kier alpha value is -0.0800. The molecule has 110 valence electrons. The number of fused-ring (bicyclic) bond motifs is 1. The standard InChI is InChI=1S/C17H32N2/c1-14(2)17(8-9-18-12-17)13-19-10-7-15-5-3-4-6-16(15)11-19/h14-16,18H,3-13H2,1-2H3. The molecule has 3 rings (SSSR count). The number of rotatable bonds is 3. The Morgan fingerprint density at radius 3 is 2.63 bits per heavy atom. The van der Waals surface area contributed by atoms with E-state index in [-0.39, 0.29) is 0 Å². The van der Waals surface area contributed by atoms with E-state index in [1.165, 1.54) is 71.2 Å². The largest absolute Gasteiger partial charge is 0.316 e. The number of piperidine rings is 1. The molecule has 2 heteroatoms. The molecule has 2 nitrogen and oxygen atoms in total. The number of hydrogen-bond acceptors (Lipinski definition) is 2. The van der Waals surface area contributed by atoms with E-state index < -0.39 is 0 Å². The second-order valence-corrected chi connectivity index (χ2v) is 7.77. The van der Waals surface area contributed by atoms with Gasteiger partial charge in [0.1, 0.15) is 0 Å². The second-order valence-electron chi connectivity index (χ2n) is 7.77. The first-order chi connectivity index (χ1) is 9.20. The highest BCUT2D eigenvalue weighted by molar-refractivity contribution is 4.94. The van der Waals surface area contributed by atoms with Gasteiger partial charge in [0, 0.05) is 19.6 Å². The molecule has 2 aliphatic heterocycles. The van der Waals surface area contributed by atoms with E-state index in [0.29, 0.717) is 5.41 Å². The molecule has 3 atom stereocenters. The summed E-state index contributed by atoms with van der Waals surface area (Å²) in [7, 11) is 0. The highest BCUT2D eigenvalue weighted by atomic mass is 15.2. The van der Waals surface area contributed by atoms with Crippen LogP contribution < -0.4 is 5.32 Å². The Balaban J connectivity index is 1.60. The van der Waals surface area contributed by atoms with Crippen molar-refractivity contribution < 1.29 is 0 Å². The maximum absolute atomic E-state index is 3.61. The van der Waals surface area contributed by atoms with Crippen molar-refractivity contribution in [3.8, 4) is 0 Å². The van der Waals surface area contributed by atoms with Gasteiger partial charge in [-0.3, -0.25) is 0 Å². The van der Waals surface area contributed by atoms with E-state index in [1.54, 1.807) is 0 Å². The van der Waals surface area contributed by atoms with Crippen LogP contribution in [0.3, 0.4) is 0 Å². The molecule has 0 bridgehead atoms. The smallest absolute Gasteiger partial charge is 0.00532 e. The lowest BCUT2D eigenvalue weighted by molar-refractivity contribution is 0.0413. The van der Waals surface area contributed by atoms with Crippen LogP contribution in [0.2, 0.25) is 0 Å². The molecule has 2 heterocycles. The molecule has 0 aromatic carbocycles. The van der Waals surface area contributed by atoms with E-state index in [2.05, 4.69) is 24.1 Å². The zero-order valence-corrected chi connectivity index (χ0v) is 13.0. The van der Waals surface area contributed by atoms with Crippen molar-refractivity contribution in [1.82, 2.24) is 10.2 Å². The molecule has 3 fully saturated rings.